The molecule has 1 aromatic carbocycles. The Labute approximate surface area is 153 Å². The number of carboxylic acid groups (broad SMARTS) is 1. The number of carbonyl (C=O) groups excluding carboxylic acids is 1. The van der Waals surface area contributed by atoms with E-state index < -0.39 is 5.97 Å². The minimum atomic E-state index is -0.732. The molecule has 0 amide bonds. The number of hydrogen-bond acceptors (Lipinski definition) is 3. The van der Waals surface area contributed by atoms with Crippen LogP contribution in [0.15, 0.2) is 46.4 Å². The van der Waals surface area contributed by atoms with Crippen molar-refractivity contribution in [1.82, 2.24) is 0 Å². The molecule has 0 aliphatic heterocycles. The predicted molar refractivity (Wildman–Crippen MR) is 101 cm³/mol. The molecule has 0 radical (unpaired) electrons. The molecule has 1 aromatic rings. The predicted octanol–water partition coefficient (Wildman–Crippen LogP) is 4.96. The monoisotopic (exact) mass is 358 g/mol. The molecule has 1 fully saturated rings. The van der Waals surface area contributed by atoms with Gasteiger partial charge in [0.25, 0.3) is 0 Å². The highest BCUT2D eigenvalue weighted by atomic mass is 32.2. The van der Waals surface area contributed by atoms with Crippen molar-refractivity contribution in [3.05, 3.63) is 41.5 Å². The topological polar surface area (TPSA) is 54.4 Å². The van der Waals surface area contributed by atoms with Crippen LogP contribution in [0, 0.1) is 17.3 Å². The quantitative estimate of drug-likeness (QED) is 0.826. The summed E-state index contributed by atoms with van der Waals surface area (Å²) in [5, 5.41) is 9.60. The number of Topliss-reactive ketones (excluding diaryl/α,β-unsaturated/α-hetero) is 1. The number of fused-ring (bicyclic) bond motifs is 1. The van der Waals surface area contributed by atoms with Crippen LogP contribution in [0.4, 0.5) is 0 Å². The van der Waals surface area contributed by atoms with Crippen LogP contribution in [0.1, 0.15) is 46.5 Å². The third-order valence-electron chi connectivity index (χ3n) is 6.26. The summed E-state index contributed by atoms with van der Waals surface area (Å²) in [6.45, 7) is 6.01. The average molecular weight is 359 g/mol. The first-order valence-electron chi connectivity index (χ1n) is 9.01. The maximum absolute atomic E-state index is 12.6. The zero-order valence-corrected chi connectivity index (χ0v) is 15.9. The number of carboxylic acids is 1. The number of hydrogen-bond donors (Lipinski definition) is 1. The molecule has 0 saturated heterocycles. The molecule has 3 rings (SSSR count). The van der Waals surface area contributed by atoms with Gasteiger partial charge in [-0.2, -0.15) is 0 Å². The smallest absolute Gasteiger partial charge is 0.306 e. The Morgan fingerprint density at radius 1 is 1.28 bits per heavy atom. The number of carbonyl (C=O) groups is 2. The normalized spacial score (nSPS) is 30.8. The van der Waals surface area contributed by atoms with E-state index in [4.69, 9.17) is 0 Å². The van der Waals surface area contributed by atoms with Crippen molar-refractivity contribution < 1.29 is 14.7 Å². The fourth-order valence-corrected chi connectivity index (χ4v) is 5.75. The Bertz CT molecular complexity index is 709. The molecule has 3 nitrogen and oxygen atoms in total. The Hall–Kier alpha value is -1.55. The van der Waals surface area contributed by atoms with Crippen LogP contribution >= 0.6 is 11.8 Å². The molecule has 0 unspecified atom stereocenters. The second-order valence-corrected chi connectivity index (χ2v) is 8.97. The molecule has 134 valence electrons. The first kappa shape index (κ1) is 18.2. The van der Waals surface area contributed by atoms with Crippen molar-refractivity contribution in [2.75, 3.05) is 0 Å². The number of allylic oxidation sites excluding steroid dienone is 2. The van der Waals surface area contributed by atoms with E-state index in [9.17, 15) is 14.7 Å². The lowest BCUT2D eigenvalue weighted by atomic mass is 9.59. The van der Waals surface area contributed by atoms with Crippen LogP contribution < -0.4 is 0 Å². The Kier molecular flexibility index (Phi) is 5.10. The fourth-order valence-electron chi connectivity index (χ4n) is 4.35. The first-order valence-corrected chi connectivity index (χ1v) is 9.89. The number of benzene rings is 1. The van der Waals surface area contributed by atoms with Crippen LogP contribution in [0.5, 0.6) is 0 Å². The van der Waals surface area contributed by atoms with Gasteiger partial charge in [0.05, 0.1) is 5.92 Å². The summed E-state index contributed by atoms with van der Waals surface area (Å²) in [4.78, 5) is 25.2. The molecule has 0 heterocycles. The van der Waals surface area contributed by atoms with Gasteiger partial charge in [-0.1, -0.05) is 37.6 Å². The van der Waals surface area contributed by atoms with E-state index in [2.05, 4.69) is 19.1 Å². The molecule has 4 atom stereocenters. The number of thioether (sulfide) groups is 1. The molecule has 0 aromatic heterocycles. The van der Waals surface area contributed by atoms with Crippen LogP contribution in [-0.2, 0) is 9.59 Å². The van der Waals surface area contributed by atoms with Crippen molar-refractivity contribution in [2.24, 2.45) is 17.3 Å². The molecular weight excluding hydrogens is 332 g/mol. The second-order valence-electron chi connectivity index (χ2n) is 7.70. The summed E-state index contributed by atoms with van der Waals surface area (Å²) in [6.07, 6.45) is 3.19. The Morgan fingerprint density at radius 3 is 2.60 bits per heavy atom. The highest BCUT2D eigenvalue weighted by Gasteiger charge is 2.48. The molecule has 2 aliphatic carbocycles. The zero-order valence-electron chi connectivity index (χ0n) is 15.1. The van der Waals surface area contributed by atoms with Gasteiger partial charge in [0, 0.05) is 22.0 Å². The number of rotatable bonds is 4. The minimum Gasteiger partial charge on any atom is -0.481 e. The zero-order chi connectivity index (χ0) is 18.2. The van der Waals surface area contributed by atoms with E-state index >= 15 is 0 Å². The lowest BCUT2D eigenvalue weighted by molar-refractivity contribution is -0.143. The van der Waals surface area contributed by atoms with Gasteiger partial charge in [0.15, 0.2) is 5.78 Å². The lowest BCUT2D eigenvalue weighted by Crippen LogP contribution is -2.43. The molecule has 0 bridgehead atoms. The third kappa shape index (κ3) is 3.41. The summed E-state index contributed by atoms with van der Waals surface area (Å²) >= 11 is 1.80. The number of ketones is 1. The summed E-state index contributed by atoms with van der Waals surface area (Å²) in [5.41, 5.74) is 2.07. The van der Waals surface area contributed by atoms with E-state index in [0.29, 0.717) is 6.42 Å². The molecule has 1 N–H and O–H groups in total. The molecule has 25 heavy (non-hydrogen) atoms. The highest BCUT2D eigenvalue weighted by Crippen LogP contribution is 2.55. The standard InChI is InChI=1S/C21H26O3S/c1-13(20(23)24)15-9-10-21(3)17(11-15)14(2)18(22)12-19(21)25-16-7-5-4-6-8-16/h4-8,13,15,19H,9-12H2,1-3H3,(H,23,24)/t13-,15+,19+,21+/m0/s1. The van der Waals surface area contributed by atoms with Crippen LogP contribution in [0.2, 0.25) is 0 Å². The van der Waals surface area contributed by atoms with E-state index in [1.165, 1.54) is 10.5 Å². The Morgan fingerprint density at radius 2 is 1.96 bits per heavy atom. The van der Waals surface area contributed by atoms with Gasteiger partial charge in [-0.15, -0.1) is 11.8 Å². The SMILES string of the molecule is CC1=C2C[C@H]([C@H](C)C(=O)O)CC[C@@]2(C)[C@H](Sc2ccccc2)CC1=O. The maximum atomic E-state index is 12.6. The van der Waals surface area contributed by atoms with Gasteiger partial charge in [-0.3, -0.25) is 9.59 Å². The van der Waals surface area contributed by atoms with Gasteiger partial charge < -0.3 is 5.11 Å². The highest BCUT2D eigenvalue weighted by molar-refractivity contribution is 8.00. The van der Waals surface area contributed by atoms with E-state index in [0.717, 1.165) is 24.8 Å². The maximum Gasteiger partial charge on any atom is 0.306 e. The average Bonchev–Trinajstić information content (AvgIpc) is 2.60. The summed E-state index contributed by atoms with van der Waals surface area (Å²) < 4.78 is 0. The van der Waals surface area contributed by atoms with Crippen LogP contribution in [0.25, 0.3) is 0 Å². The van der Waals surface area contributed by atoms with Gasteiger partial charge in [-0.25, -0.2) is 0 Å². The van der Waals surface area contributed by atoms with Gasteiger partial charge in [0.2, 0.25) is 0 Å². The van der Waals surface area contributed by atoms with Crippen molar-refractivity contribution in [3.63, 3.8) is 0 Å². The second kappa shape index (κ2) is 6.99. The molecule has 1 saturated carbocycles. The van der Waals surface area contributed by atoms with Gasteiger partial charge in [0.1, 0.15) is 0 Å². The van der Waals surface area contributed by atoms with Crippen molar-refractivity contribution in [1.29, 1.82) is 0 Å². The van der Waals surface area contributed by atoms with E-state index in [1.54, 1.807) is 18.7 Å². The van der Waals surface area contributed by atoms with E-state index in [-0.39, 0.29) is 28.3 Å². The largest absolute Gasteiger partial charge is 0.481 e. The first-order chi connectivity index (χ1) is 11.8. The van der Waals surface area contributed by atoms with E-state index in [1.807, 2.05) is 25.1 Å². The van der Waals surface area contributed by atoms with Gasteiger partial charge >= 0.3 is 5.97 Å². The lowest BCUT2D eigenvalue weighted by Gasteiger charge is -2.49. The van der Waals surface area contributed by atoms with Crippen LogP contribution in [-0.4, -0.2) is 22.1 Å². The van der Waals surface area contributed by atoms with Crippen molar-refractivity contribution >= 4 is 23.5 Å². The summed E-state index contributed by atoms with van der Waals surface area (Å²) in [5.74, 6) is -0.736. The molecular formula is C21H26O3S. The Balaban J connectivity index is 1.90. The molecule has 4 heteroatoms. The minimum absolute atomic E-state index is 0.0206. The van der Waals surface area contributed by atoms with Crippen molar-refractivity contribution in [3.8, 4) is 0 Å². The summed E-state index contributed by atoms with van der Waals surface area (Å²) in [7, 11) is 0. The fraction of sp³-hybridized carbons (Fsp3) is 0.524. The molecule has 0 spiro atoms. The van der Waals surface area contributed by atoms with Crippen LogP contribution in [0.3, 0.4) is 0 Å². The third-order valence-corrected chi connectivity index (χ3v) is 7.78. The van der Waals surface area contributed by atoms with Crippen molar-refractivity contribution in [2.45, 2.75) is 56.6 Å². The number of aliphatic carboxylic acids is 1. The van der Waals surface area contributed by atoms with Gasteiger partial charge in [-0.05, 0) is 49.8 Å². The molecule has 2 aliphatic rings. The summed E-state index contributed by atoms with van der Waals surface area (Å²) in [6, 6.07) is 10.3.